The highest BCUT2D eigenvalue weighted by atomic mass is 35.5. The van der Waals surface area contributed by atoms with Gasteiger partial charge in [-0.05, 0) is 79.9 Å². The molecule has 0 saturated carbocycles. The number of imidazole rings is 1. The minimum atomic E-state index is 0.0214. The van der Waals surface area contributed by atoms with Crippen LogP contribution in [0.2, 0.25) is 10.0 Å². The molecule has 180 valence electrons. The van der Waals surface area contributed by atoms with Gasteiger partial charge in [-0.3, -0.25) is 4.79 Å². The topological polar surface area (TPSA) is 47.4 Å². The number of anilines is 1. The number of nitrogens with zero attached hydrogens (tertiary/aromatic N) is 3. The number of aromatic nitrogens is 2. The Hall–Kier alpha value is -3.02. The predicted molar refractivity (Wildman–Crippen MR) is 142 cm³/mol. The van der Waals surface area contributed by atoms with Gasteiger partial charge < -0.3 is 14.2 Å². The first-order valence-electron chi connectivity index (χ1n) is 11.8. The second-order valence-corrected chi connectivity index (χ2v) is 9.88. The van der Waals surface area contributed by atoms with Crippen molar-refractivity contribution >= 4 is 45.8 Å². The van der Waals surface area contributed by atoms with Crippen molar-refractivity contribution < 1.29 is 9.53 Å². The Labute approximate surface area is 215 Å². The summed E-state index contributed by atoms with van der Waals surface area (Å²) in [7, 11) is 0. The molecular weight excluding hydrogens is 481 g/mol. The van der Waals surface area contributed by atoms with Crippen molar-refractivity contribution in [3.63, 3.8) is 0 Å². The minimum absolute atomic E-state index is 0.0214. The lowest BCUT2D eigenvalue weighted by molar-refractivity contribution is -0.117. The van der Waals surface area contributed by atoms with Crippen molar-refractivity contribution in [2.45, 2.75) is 39.2 Å². The molecule has 1 unspecified atom stereocenters. The maximum absolute atomic E-state index is 12.9. The van der Waals surface area contributed by atoms with Crippen LogP contribution in [-0.4, -0.2) is 28.6 Å². The fraction of sp³-hybridized carbons (Fsp3) is 0.286. The Morgan fingerprint density at radius 2 is 1.74 bits per heavy atom. The Kier molecular flexibility index (Phi) is 6.72. The highest BCUT2D eigenvalue weighted by Gasteiger charge is 2.34. The molecule has 2 heterocycles. The van der Waals surface area contributed by atoms with E-state index in [2.05, 4.69) is 10.6 Å². The lowest BCUT2D eigenvalue weighted by atomic mass is 10.1. The van der Waals surface area contributed by atoms with Gasteiger partial charge in [0, 0.05) is 41.2 Å². The average molecular weight is 508 g/mol. The highest BCUT2D eigenvalue weighted by molar-refractivity contribution is 6.32. The summed E-state index contributed by atoms with van der Waals surface area (Å²) in [5.74, 6) is 1.91. The summed E-state index contributed by atoms with van der Waals surface area (Å²) in [6, 6.07) is 19.5. The Balaban J connectivity index is 1.33. The van der Waals surface area contributed by atoms with Crippen molar-refractivity contribution in [2.24, 2.45) is 0 Å². The van der Waals surface area contributed by atoms with Crippen LogP contribution in [0, 0.1) is 13.8 Å². The molecule has 0 spiro atoms. The molecular formula is C28H27Cl2N3O2. The van der Waals surface area contributed by atoms with Gasteiger partial charge in [-0.15, -0.1) is 0 Å². The summed E-state index contributed by atoms with van der Waals surface area (Å²) in [5, 5.41) is 1.44. The number of halogens is 2. The highest BCUT2D eigenvalue weighted by Crippen LogP contribution is 2.34. The summed E-state index contributed by atoms with van der Waals surface area (Å²) in [6.45, 7) is 5.91. The van der Waals surface area contributed by atoms with E-state index in [1.165, 1.54) is 0 Å². The molecule has 1 aromatic heterocycles. The van der Waals surface area contributed by atoms with Crippen LogP contribution in [0.1, 0.15) is 35.7 Å². The first kappa shape index (κ1) is 23.7. The quantitative estimate of drug-likeness (QED) is 0.254. The molecule has 1 saturated heterocycles. The van der Waals surface area contributed by atoms with E-state index in [4.69, 9.17) is 32.9 Å². The van der Waals surface area contributed by atoms with Crippen molar-refractivity contribution in [1.82, 2.24) is 9.55 Å². The normalized spacial score (nSPS) is 15.8. The van der Waals surface area contributed by atoms with Gasteiger partial charge in [0.1, 0.15) is 11.6 Å². The van der Waals surface area contributed by atoms with E-state index in [0.717, 1.165) is 57.4 Å². The van der Waals surface area contributed by atoms with Crippen LogP contribution in [0.15, 0.2) is 60.7 Å². The number of rotatable bonds is 7. The van der Waals surface area contributed by atoms with Gasteiger partial charge >= 0.3 is 0 Å². The molecule has 7 heteroatoms. The number of amides is 1. The first-order valence-corrected chi connectivity index (χ1v) is 12.6. The molecule has 1 aliphatic rings. The van der Waals surface area contributed by atoms with Crippen LogP contribution in [0.25, 0.3) is 11.0 Å². The van der Waals surface area contributed by atoms with E-state index in [-0.39, 0.29) is 11.8 Å². The molecule has 3 aromatic carbocycles. The Morgan fingerprint density at radius 3 is 2.49 bits per heavy atom. The maximum atomic E-state index is 12.9. The number of hydrogen-bond donors (Lipinski definition) is 0. The Morgan fingerprint density at radius 1 is 1.03 bits per heavy atom. The van der Waals surface area contributed by atoms with Crippen LogP contribution in [0.5, 0.6) is 5.75 Å². The molecule has 5 rings (SSSR count). The van der Waals surface area contributed by atoms with Gasteiger partial charge in [0.2, 0.25) is 5.91 Å². The SMILES string of the molecule is Cc1cc(OCCCn2c(C3CC(=O)N(c4ccc(Cl)cc4)C3)nc3ccccc32)cc(C)c1Cl. The number of para-hydroxylation sites is 2. The van der Waals surface area contributed by atoms with E-state index >= 15 is 0 Å². The van der Waals surface area contributed by atoms with E-state index in [9.17, 15) is 4.79 Å². The molecule has 1 aliphatic heterocycles. The van der Waals surface area contributed by atoms with Crippen molar-refractivity contribution in [2.75, 3.05) is 18.1 Å². The number of ether oxygens (including phenoxy) is 1. The number of carbonyl (C=O) groups is 1. The van der Waals surface area contributed by atoms with Crippen LogP contribution >= 0.6 is 23.2 Å². The number of fused-ring (bicyclic) bond motifs is 1. The average Bonchev–Trinajstić information content (AvgIpc) is 3.41. The molecule has 4 aromatic rings. The second-order valence-electron chi connectivity index (χ2n) is 9.07. The lowest BCUT2D eigenvalue weighted by Crippen LogP contribution is -2.24. The molecule has 35 heavy (non-hydrogen) atoms. The van der Waals surface area contributed by atoms with Crippen LogP contribution in [0.3, 0.4) is 0 Å². The van der Waals surface area contributed by atoms with Gasteiger partial charge in [0.05, 0.1) is 17.6 Å². The maximum Gasteiger partial charge on any atom is 0.227 e. The minimum Gasteiger partial charge on any atom is -0.494 e. The number of hydrogen-bond acceptors (Lipinski definition) is 3. The van der Waals surface area contributed by atoms with Gasteiger partial charge in [-0.1, -0.05) is 35.3 Å². The molecule has 0 radical (unpaired) electrons. The zero-order valence-electron chi connectivity index (χ0n) is 19.8. The van der Waals surface area contributed by atoms with Crippen LogP contribution in [0.4, 0.5) is 5.69 Å². The van der Waals surface area contributed by atoms with Gasteiger partial charge in [-0.2, -0.15) is 0 Å². The predicted octanol–water partition coefficient (Wildman–Crippen LogP) is 6.95. The third kappa shape index (κ3) is 4.89. The monoisotopic (exact) mass is 507 g/mol. The number of carbonyl (C=O) groups excluding carboxylic acids is 1. The largest absolute Gasteiger partial charge is 0.494 e. The molecule has 0 N–H and O–H groups in total. The molecule has 1 amide bonds. The van der Waals surface area contributed by atoms with Crippen molar-refractivity contribution in [3.05, 3.63) is 87.7 Å². The standard InChI is InChI=1S/C28H27Cl2N3O2/c1-18-14-23(15-19(2)27(18)30)35-13-5-12-32-25-7-4-3-6-24(25)31-28(32)20-16-26(34)33(17-20)22-10-8-21(29)9-11-22/h3-4,6-11,14-15,20H,5,12-13,16-17H2,1-2H3. The third-order valence-corrected chi connectivity index (χ3v) is 7.37. The van der Waals surface area contributed by atoms with Crippen LogP contribution in [-0.2, 0) is 11.3 Å². The summed E-state index contributed by atoms with van der Waals surface area (Å²) in [4.78, 5) is 19.7. The fourth-order valence-electron chi connectivity index (χ4n) is 4.79. The molecule has 5 nitrogen and oxygen atoms in total. The summed E-state index contributed by atoms with van der Waals surface area (Å²) < 4.78 is 8.28. The molecule has 1 fully saturated rings. The first-order chi connectivity index (χ1) is 16.9. The Bertz CT molecular complexity index is 1360. The van der Waals surface area contributed by atoms with Crippen LogP contribution < -0.4 is 9.64 Å². The molecule has 0 bridgehead atoms. The van der Waals surface area contributed by atoms with E-state index in [1.807, 2.05) is 73.3 Å². The number of benzene rings is 3. The fourth-order valence-corrected chi connectivity index (χ4v) is 5.03. The molecule has 0 aliphatic carbocycles. The lowest BCUT2D eigenvalue weighted by Gasteiger charge is -2.17. The summed E-state index contributed by atoms with van der Waals surface area (Å²) in [5.41, 5.74) is 4.93. The van der Waals surface area contributed by atoms with Gasteiger partial charge in [0.25, 0.3) is 0 Å². The van der Waals surface area contributed by atoms with Crippen molar-refractivity contribution in [1.29, 1.82) is 0 Å². The second kappa shape index (κ2) is 9.92. The zero-order valence-corrected chi connectivity index (χ0v) is 21.3. The van der Waals surface area contributed by atoms with Gasteiger partial charge in [-0.25, -0.2) is 4.98 Å². The zero-order chi connectivity index (χ0) is 24.5. The molecule has 1 atom stereocenters. The van der Waals surface area contributed by atoms with Crippen molar-refractivity contribution in [3.8, 4) is 5.75 Å². The third-order valence-electron chi connectivity index (χ3n) is 6.52. The smallest absolute Gasteiger partial charge is 0.227 e. The number of aryl methyl sites for hydroxylation is 3. The summed E-state index contributed by atoms with van der Waals surface area (Å²) >= 11 is 12.3. The van der Waals surface area contributed by atoms with E-state index < -0.39 is 0 Å². The van der Waals surface area contributed by atoms with E-state index in [1.54, 1.807) is 0 Å². The van der Waals surface area contributed by atoms with E-state index in [0.29, 0.717) is 24.6 Å². The van der Waals surface area contributed by atoms with Gasteiger partial charge in [0.15, 0.2) is 0 Å². The summed E-state index contributed by atoms with van der Waals surface area (Å²) in [6.07, 6.45) is 1.25.